The van der Waals surface area contributed by atoms with Gasteiger partial charge < -0.3 is 4.57 Å². The predicted octanol–water partition coefficient (Wildman–Crippen LogP) is 13.4. The van der Waals surface area contributed by atoms with Crippen molar-refractivity contribution >= 4 is 65.2 Å². The van der Waals surface area contributed by atoms with Gasteiger partial charge in [-0.15, -0.1) is 0 Å². The van der Waals surface area contributed by atoms with Crippen molar-refractivity contribution in [3.8, 4) is 45.5 Å². The van der Waals surface area contributed by atoms with E-state index in [0.29, 0.717) is 17.6 Å². The van der Waals surface area contributed by atoms with E-state index in [1.165, 1.54) is 27.4 Å². The maximum atomic E-state index is 5.31. The molecule has 3 heterocycles. The van der Waals surface area contributed by atoms with Gasteiger partial charge in [0.1, 0.15) is 0 Å². The lowest BCUT2D eigenvalue weighted by Crippen LogP contribution is -2.06. The number of hydrogen-bond acceptors (Lipinski definition) is 3. The van der Waals surface area contributed by atoms with Crippen LogP contribution in [0.15, 0.2) is 200 Å². The summed E-state index contributed by atoms with van der Waals surface area (Å²) in [6, 6.07) is 71.0. The van der Waals surface area contributed by atoms with Crippen LogP contribution in [0.25, 0.3) is 111 Å². The third-order valence-electron chi connectivity index (χ3n) is 11.6. The topological polar surface area (TPSA) is 48.5 Å². The third kappa shape index (κ3) is 5.00. The van der Waals surface area contributed by atoms with Crippen LogP contribution in [0.3, 0.4) is 0 Å². The van der Waals surface area contributed by atoms with Gasteiger partial charge in [0.2, 0.25) is 5.95 Å². The smallest absolute Gasteiger partial charge is 0.238 e. The number of nitrogens with zero attached hydrogens (tertiary/aromatic N) is 5. The van der Waals surface area contributed by atoms with Crippen LogP contribution >= 0.6 is 0 Å². The lowest BCUT2D eigenvalue weighted by atomic mass is 10.0. The number of fused-ring (bicyclic) bond motifs is 8. The Labute approximate surface area is 333 Å². The summed E-state index contributed by atoms with van der Waals surface area (Å²) in [6.45, 7) is 0. The Morgan fingerprint density at radius 1 is 0.293 bits per heavy atom. The molecule has 270 valence electrons. The van der Waals surface area contributed by atoms with Crippen LogP contribution in [-0.4, -0.2) is 24.1 Å². The molecule has 0 unspecified atom stereocenters. The second-order valence-electron chi connectivity index (χ2n) is 14.8. The van der Waals surface area contributed by atoms with Gasteiger partial charge in [0.25, 0.3) is 0 Å². The van der Waals surface area contributed by atoms with E-state index in [1.807, 2.05) is 0 Å². The molecule has 0 saturated heterocycles. The Morgan fingerprint density at radius 2 is 0.724 bits per heavy atom. The highest BCUT2D eigenvalue weighted by Crippen LogP contribution is 2.39. The van der Waals surface area contributed by atoms with Crippen molar-refractivity contribution in [2.24, 2.45) is 0 Å². The largest absolute Gasteiger partial charge is 0.309 e. The molecule has 12 aromatic rings. The minimum Gasteiger partial charge on any atom is -0.309 e. The normalized spacial score (nSPS) is 11.8. The molecule has 3 aromatic heterocycles. The summed E-state index contributed by atoms with van der Waals surface area (Å²) in [7, 11) is 0. The summed E-state index contributed by atoms with van der Waals surface area (Å²) in [5.41, 5.74) is 9.86. The first-order valence-corrected chi connectivity index (χ1v) is 19.6. The number of benzene rings is 9. The van der Waals surface area contributed by atoms with Crippen LogP contribution in [0, 0.1) is 0 Å². The maximum Gasteiger partial charge on any atom is 0.238 e. The molecular formula is C53H33N5. The average molecular weight is 740 g/mol. The zero-order valence-electron chi connectivity index (χ0n) is 31.3. The Hall–Kier alpha value is -7.89. The number of hydrogen-bond donors (Lipinski definition) is 0. The lowest BCUT2D eigenvalue weighted by molar-refractivity contribution is 0.955. The van der Waals surface area contributed by atoms with Gasteiger partial charge in [-0.25, -0.2) is 4.98 Å². The fourth-order valence-electron chi connectivity index (χ4n) is 8.92. The second-order valence-corrected chi connectivity index (χ2v) is 14.8. The van der Waals surface area contributed by atoms with E-state index in [9.17, 15) is 0 Å². The van der Waals surface area contributed by atoms with E-state index in [4.69, 9.17) is 15.0 Å². The third-order valence-corrected chi connectivity index (χ3v) is 11.6. The fraction of sp³-hybridized carbons (Fsp3) is 0. The van der Waals surface area contributed by atoms with Crippen LogP contribution in [0.4, 0.5) is 0 Å². The molecule has 58 heavy (non-hydrogen) atoms. The zero-order chi connectivity index (χ0) is 38.2. The minimum atomic E-state index is 0.579. The van der Waals surface area contributed by atoms with Crippen molar-refractivity contribution in [2.45, 2.75) is 0 Å². The van der Waals surface area contributed by atoms with Crippen LogP contribution in [-0.2, 0) is 0 Å². The second kappa shape index (κ2) is 12.8. The summed E-state index contributed by atoms with van der Waals surface area (Å²) in [6.07, 6.45) is 0. The molecule has 0 aliphatic carbocycles. The lowest BCUT2D eigenvalue weighted by Gasteiger charge is -2.13. The number of aromatic nitrogens is 5. The van der Waals surface area contributed by atoms with Crippen LogP contribution in [0.1, 0.15) is 0 Å². The van der Waals surface area contributed by atoms with Gasteiger partial charge in [-0.2, -0.15) is 9.97 Å². The Kier molecular flexibility index (Phi) is 7.16. The van der Waals surface area contributed by atoms with Gasteiger partial charge >= 0.3 is 0 Å². The number of para-hydroxylation sites is 3. The minimum absolute atomic E-state index is 0.579. The quantitative estimate of drug-likeness (QED) is 0.177. The van der Waals surface area contributed by atoms with Crippen LogP contribution < -0.4 is 0 Å². The molecule has 0 atom stereocenters. The molecule has 9 aromatic carbocycles. The molecule has 0 radical (unpaired) electrons. The van der Waals surface area contributed by atoms with E-state index in [1.54, 1.807) is 0 Å². The van der Waals surface area contributed by atoms with Crippen molar-refractivity contribution in [1.29, 1.82) is 0 Å². The van der Waals surface area contributed by atoms with E-state index < -0.39 is 0 Å². The summed E-state index contributed by atoms with van der Waals surface area (Å²) in [5, 5.41) is 9.22. The summed E-state index contributed by atoms with van der Waals surface area (Å²) in [4.78, 5) is 15.9. The van der Waals surface area contributed by atoms with Crippen molar-refractivity contribution < 1.29 is 0 Å². The molecule has 0 bridgehead atoms. The first-order valence-electron chi connectivity index (χ1n) is 19.6. The van der Waals surface area contributed by atoms with Crippen molar-refractivity contribution in [3.05, 3.63) is 200 Å². The molecule has 0 fully saturated rings. The van der Waals surface area contributed by atoms with E-state index in [-0.39, 0.29) is 0 Å². The Bertz CT molecular complexity index is 3470. The summed E-state index contributed by atoms with van der Waals surface area (Å²) >= 11 is 0. The van der Waals surface area contributed by atoms with E-state index in [0.717, 1.165) is 65.7 Å². The van der Waals surface area contributed by atoms with E-state index in [2.05, 4.69) is 209 Å². The first-order chi connectivity index (χ1) is 28.8. The molecule has 12 rings (SSSR count). The van der Waals surface area contributed by atoms with Gasteiger partial charge in [-0.05, 0) is 81.2 Å². The molecule has 0 aliphatic heterocycles. The highest BCUT2D eigenvalue weighted by Gasteiger charge is 2.20. The molecule has 0 aliphatic rings. The molecule has 5 nitrogen and oxygen atoms in total. The molecule has 0 spiro atoms. The summed E-state index contributed by atoms with van der Waals surface area (Å²) in [5.74, 6) is 1.85. The van der Waals surface area contributed by atoms with Crippen molar-refractivity contribution in [2.75, 3.05) is 0 Å². The maximum absolute atomic E-state index is 5.31. The van der Waals surface area contributed by atoms with Gasteiger partial charge in [-0.3, -0.25) is 4.57 Å². The first kappa shape index (κ1) is 32.4. The molecule has 0 amide bonds. The van der Waals surface area contributed by atoms with Crippen LogP contribution in [0.5, 0.6) is 0 Å². The average Bonchev–Trinajstić information content (AvgIpc) is 3.81. The van der Waals surface area contributed by atoms with Gasteiger partial charge in [-0.1, -0.05) is 152 Å². The van der Waals surface area contributed by atoms with Gasteiger partial charge in [0.15, 0.2) is 11.6 Å². The standard InChI is InChI=1S/C53H33N5/c1-2-18-38(19-3-1)57-47-26-10-8-22-41(47)45-32-36(28-30-49(45)57)37-29-31-50-46(33-37)42-23-9-11-27-48(42)58(50)53-55-51(43-24-12-16-34-14-4-6-20-39(34)43)54-52(56-53)44-25-13-17-35-15-5-7-21-40(35)44/h1-33H. The predicted molar refractivity (Wildman–Crippen MR) is 240 cm³/mol. The van der Waals surface area contributed by atoms with Gasteiger partial charge in [0.05, 0.1) is 22.1 Å². The van der Waals surface area contributed by atoms with Crippen molar-refractivity contribution in [1.82, 2.24) is 24.1 Å². The molecular weight excluding hydrogens is 707 g/mol. The Balaban J connectivity index is 1.08. The van der Waals surface area contributed by atoms with Crippen molar-refractivity contribution in [3.63, 3.8) is 0 Å². The fourth-order valence-corrected chi connectivity index (χ4v) is 8.92. The molecule has 0 N–H and O–H groups in total. The zero-order valence-corrected chi connectivity index (χ0v) is 31.3. The van der Waals surface area contributed by atoms with Gasteiger partial charge in [0, 0.05) is 38.4 Å². The van der Waals surface area contributed by atoms with E-state index >= 15 is 0 Å². The Morgan fingerprint density at radius 3 is 1.29 bits per heavy atom. The van der Waals surface area contributed by atoms with Crippen LogP contribution in [0.2, 0.25) is 0 Å². The highest BCUT2D eigenvalue weighted by atomic mass is 15.2. The highest BCUT2D eigenvalue weighted by molar-refractivity contribution is 6.12. The monoisotopic (exact) mass is 739 g/mol. The summed E-state index contributed by atoms with van der Waals surface area (Å²) < 4.78 is 4.56. The molecule has 0 saturated carbocycles. The molecule has 5 heteroatoms. The SMILES string of the molecule is c1ccc(-n2c3ccccc3c3cc(-c4ccc5c(c4)c4ccccc4n5-c4nc(-c5cccc6ccccc56)nc(-c5cccc6ccccc56)n4)ccc32)cc1. The number of rotatable bonds is 5.